The van der Waals surface area contributed by atoms with Gasteiger partial charge < -0.3 is 14.6 Å². The monoisotopic (exact) mass is 168 g/mol. The number of fused-ring (bicyclic) bond motifs is 1. The van der Waals surface area contributed by atoms with E-state index in [2.05, 4.69) is 0 Å². The average molecular weight is 168 g/mol. The highest BCUT2D eigenvalue weighted by Gasteiger charge is 2.42. The third-order valence-electron chi connectivity index (χ3n) is 1.98. The van der Waals surface area contributed by atoms with Crippen molar-refractivity contribution in [2.24, 2.45) is 0 Å². The Balaban J connectivity index is 2.51. The lowest BCUT2D eigenvalue weighted by Crippen LogP contribution is -2.31. The fraction of sp³-hybridized carbons (Fsp3) is 0.375. The third kappa shape index (κ3) is 0.821. The van der Waals surface area contributed by atoms with Crippen LogP contribution in [-0.4, -0.2) is 23.5 Å². The van der Waals surface area contributed by atoms with Crippen molar-refractivity contribution in [3.8, 4) is 0 Å². The Morgan fingerprint density at radius 1 is 1.67 bits per heavy atom. The van der Waals surface area contributed by atoms with E-state index < -0.39 is 5.79 Å². The third-order valence-corrected chi connectivity index (χ3v) is 1.98. The van der Waals surface area contributed by atoms with Crippen LogP contribution >= 0.6 is 0 Å². The second-order valence-corrected chi connectivity index (χ2v) is 2.75. The molecule has 0 bridgehead atoms. The van der Waals surface area contributed by atoms with Crippen molar-refractivity contribution in [3.05, 3.63) is 23.5 Å². The average Bonchev–Trinajstić information content (AvgIpc) is 2.42. The maximum Gasteiger partial charge on any atom is 0.249 e. The summed E-state index contributed by atoms with van der Waals surface area (Å²) in [7, 11) is 0. The van der Waals surface area contributed by atoms with E-state index >= 15 is 0 Å². The Bertz CT molecular complexity index is 302. The van der Waals surface area contributed by atoms with Gasteiger partial charge in [-0.3, -0.25) is 4.79 Å². The highest BCUT2D eigenvalue weighted by molar-refractivity contribution is 6.05. The molecule has 1 unspecified atom stereocenters. The lowest BCUT2D eigenvalue weighted by Gasteiger charge is -2.20. The van der Waals surface area contributed by atoms with Crippen LogP contribution in [0.25, 0.3) is 0 Å². The molecule has 64 valence electrons. The second kappa shape index (κ2) is 2.18. The molecule has 2 rings (SSSR count). The number of carbonyl (C=O) groups excluding carboxylic acids is 1. The van der Waals surface area contributed by atoms with Crippen LogP contribution in [0.2, 0.25) is 0 Å². The van der Waals surface area contributed by atoms with Crippen LogP contribution in [-0.2, 0) is 14.3 Å². The quantitative estimate of drug-likeness (QED) is 0.557. The smallest absolute Gasteiger partial charge is 0.249 e. The van der Waals surface area contributed by atoms with Crippen LogP contribution in [0.4, 0.5) is 0 Å². The molecule has 0 spiro atoms. The van der Waals surface area contributed by atoms with Crippen molar-refractivity contribution >= 4 is 5.78 Å². The number of carbonyl (C=O) groups is 1. The summed E-state index contributed by atoms with van der Waals surface area (Å²) in [5, 5.41) is 9.66. The molecule has 1 heterocycles. The molecule has 0 amide bonds. The SMILES string of the molecule is CC1=C2OCOC2(O)C=CC1=O. The van der Waals surface area contributed by atoms with Crippen LogP contribution in [0.3, 0.4) is 0 Å². The van der Waals surface area contributed by atoms with Crippen molar-refractivity contribution in [1.29, 1.82) is 0 Å². The maximum atomic E-state index is 11.1. The van der Waals surface area contributed by atoms with Crippen molar-refractivity contribution in [3.63, 3.8) is 0 Å². The first-order valence-corrected chi connectivity index (χ1v) is 3.57. The molecule has 0 saturated carbocycles. The van der Waals surface area contributed by atoms with Crippen molar-refractivity contribution in [1.82, 2.24) is 0 Å². The number of ether oxygens (including phenoxy) is 2. The van der Waals surface area contributed by atoms with Gasteiger partial charge in [0.15, 0.2) is 18.3 Å². The van der Waals surface area contributed by atoms with Gasteiger partial charge in [-0.1, -0.05) is 0 Å². The minimum absolute atomic E-state index is 0.0131. The van der Waals surface area contributed by atoms with E-state index in [4.69, 9.17) is 9.47 Å². The molecule has 0 aromatic heterocycles. The molecule has 2 aliphatic rings. The Morgan fingerprint density at radius 2 is 2.42 bits per heavy atom. The predicted octanol–water partition coefficient (Wildman–Crippen LogP) is 0.0922. The molecule has 12 heavy (non-hydrogen) atoms. The van der Waals surface area contributed by atoms with Gasteiger partial charge in [0.05, 0.1) is 0 Å². The zero-order valence-electron chi connectivity index (χ0n) is 6.53. The molecule has 1 N–H and O–H groups in total. The van der Waals surface area contributed by atoms with Crippen LogP contribution in [0.1, 0.15) is 6.92 Å². The number of rotatable bonds is 0. The van der Waals surface area contributed by atoms with E-state index in [1.807, 2.05) is 0 Å². The second-order valence-electron chi connectivity index (χ2n) is 2.75. The minimum Gasteiger partial charge on any atom is -0.465 e. The van der Waals surface area contributed by atoms with Gasteiger partial charge in [-0.05, 0) is 19.1 Å². The normalized spacial score (nSPS) is 33.7. The molecule has 0 aromatic rings. The number of allylic oxidation sites excluding steroid dienone is 2. The number of aliphatic hydroxyl groups is 1. The first-order valence-electron chi connectivity index (χ1n) is 3.57. The topological polar surface area (TPSA) is 55.8 Å². The number of hydrogen-bond acceptors (Lipinski definition) is 4. The van der Waals surface area contributed by atoms with Crippen molar-refractivity contribution in [2.75, 3.05) is 6.79 Å². The Kier molecular flexibility index (Phi) is 1.37. The highest BCUT2D eigenvalue weighted by Crippen LogP contribution is 2.33. The first-order chi connectivity index (χ1) is 5.63. The van der Waals surface area contributed by atoms with Crippen molar-refractivity contribution < 1.29 is 19.4 Å². The molecule has 1 aliphatic carbocycles. The maximum absolute atomic E-state index is 11.1. The number of ketones is 1. The van der Waals surface area contributed by atoms with Crippen LogP contribution < -0.4 is 0 Å². The molecule has 0 radical (unpaired) electrons. The zero-order chi connectivity index (χ0) is 8.77. The van der Waals surface area contributed by atoms with E-state index in [-0.39, 0.29) is 18.3 Å². The molecule has 1 aliphatic heterocycles. The molecule has 0 aromatic carbocycles. The summed E-state index contributed by atoms with van der Waals surface area (Å²) in [6.07, 6.45) is 2.58. The Labute approximate surface area is 69.1 Å². The standard InChI is InChI=1S/C8H8O4/c1-5-6(9)2-3-8(10)7(5)11-4-12-8/h2-3,10H,4H2,1H3. The lowest BCUT2D eigenvalue weighted by atomic mass is 10.00. The van der Waals surface area contributed by atoms with Crippen LogP contribution in [0.5, 0.6) is 0 Å². The molecule has 1 atom stereocenters. The van der Waals surface area contributed by atoms with E-state index in [1.165, 1.54) is 12.2 Å². The summed E-state index contributed by atoms with van der Waals surface area (Å²) < 4.78 is 9.88. The van der Waals surface area contributed by atoms with Crippen LogP contribution in [0.15, 0.2) is 23.5 Å². The van der Waals surface area contributed by atoms with Crippen molar-refractivity contribution in [2.45, 2.75) is 12.7 Å². The molecule has 4 heteroatoms. The van der Waals surface area contributed by atoms with E-state index in [1.54, 1.807) is 6.92 Å². The largest absolute Gasteiger partial charge is 0.465 e. The van der Waals surface area contributed by atoms with E-state index in [9.17, 15) is 9.90 Å². The predicted molar refractivity (Wildman–Crippen MR) is 38.8 cm³/mol. The highest BCUT2D eigenvalue weighted by atomic mass is 16.8. The summed E-state index contributed by atoms with van der Waals surface area (Å²) in [4.78, 5) is 11.1. The van der Waals surface area contributed by atoms with Gasteiger partial charge in [-0.15, -0.1) is 0 Å². The summed E-state index contributed by atoms with van der Waals surface area (Å²) in [6.45, 7) is 1.58. The van der Waals surface area contributed by atoms with E-state index in [0.717, 1.165) is 0 Å². The molecule has 4 nitrogen and oxygen atoms in total. The first kappa shape index (κ1) is 7.52. The Morgan fingerprint density at radius 3 is 3.17 bits per heavy atom. The van der Waals surface area contributed by atoms with Gasteiger partial charge in [0.25, 0.3) is 0 Å². The summed E-state index contributed by atoms with van der Waals surface area (Å²) in [5.74, 6) is -1.44. The minimum atomic E-state index is -1.50. The summed E-state index contributed by atoms with van der Waals surface area (Å²) >= 11 is 0. The van der Waals surface area contributed by atoms with Gasteiger partial charge >= 0.3 is 0 Å². The van der Waals surface area contributed by atoms with Gasteiger partial charge in [-0.25, -0.2) is 0 Å². The summed E-state index contributed by atoms with van der Waals surface area (Å²) in [5.41, 5.74) is 0.400. The molecule has 1 saturated heterocycles. The summed E-state index contributed by atoms with van der Waals surface area (Å²) in [6, 6.07) is 0. The van der Waals surface area contributed by atoms with Gasteiger partial charge in [0.2, 0.25) is 5.79 Å². The van der Waals surface area contributed by atoms with Crippen LogP contribution in [0, 0.1) is 0 Å². The van der Waals surface area contributed by atoms with Gasteiger partial charge in [0.1, 0.15) is 0 Å². The molecular weight excluding hydrogens is 160 g/mol. The molecular formula is C8H8O4. The fourth-order valence-electron chi connectivity index (χ4n) is 1.27. The van der Waals surface area contributed by atoms with Gasteiger partial charge in [-0.2, -0.15) is 0 Å². The van der Waals surface area contributed by atoms with Gasteiger partial charge in [0, 0.05) is 5.57 Å². The number of hydrogen-bond donors (Lipinski definition) is 1. The Hall–Kier alpha value is -1.13. The lowest BCUT2D eigenvalue weighted by molar-refractivity contribution is -0.121. The van der Waals surface area contributed by atoms with E-state index in [0.29, 0.717) is 5.57 Å². The fourth-order valence-corrected chi connectivity index (χ4v) is 1.27. The zero-order valence-corrected chi connectivity index (χ0v) is 6.53. The molecule has 1 fully saturated rings.